The minimum absolute atomic E-state index is 0.104. The molecule has 20 heavy (non-hydrogen) atoms. The number of nitrogens with zero attached hydrogens (tertiary/aromatic N) is 2. The standard InChI is InChI=1S/C14H23N3O2S/c1-3-12-8-5-4-6-11-17(12)20(18,19)13-9-7-10-16-14(13)15-2/h7,9-10,12H,3-6,8,11H2,1-2H3,(H,15,16). The fourth-order valence-corrected chi connectivity index (χ4v) is 4.71. The van der Waals surface area contributed by atoms with E-state index < -0.39 is 10.0 Å². The Hall–Kier alpha value is -1.14. The van der Waals surface area contributed by atoms with Crippen LogP contribution >= 0.6 is 0 Å². The number of hydrogen-bond acceptors (Lipinski definition) is 4. The Labute approximate surface area is 121 Å². The molecule has 2 rings (SSSR count). The molecule has 2 heterocycles. The Morgan fingerprint density at radius 2 is 2.20 bits per heavy atom. The van der Waals surface area contributed by atoms with Gasteiger partial charge in [-0.05, 0) is 31.4 Å². The zero-order valence-corrected chi connectivity index (χ0v) is 13.0. The molecule has 0 aromatic carbocycles. The fraction of sp³-hybridized carbons (Fsp3) is 0.643. The number of rotatable bonds is 4. The number of anilines is 1. The van der Waals surface area contributed by atoms with Crippen molar-refractivity contribution in [1.82, 2.24) is 9.29 Å². The minimum atomic E-state index is -3.48. The lowest BCUT2D eigenvalue weighted by molar-refractivity contribution is 0.315. The molecule has 1 atom stereocenters. The Kier molecular flexibility index (Phi) is 4.99. The van der Waals surface area contributed by atoms with Crippen molar-refractivity contribution >= 4 is 15.8 Å². The highest BCUT2D eigenvalue weighted by Crippen LogP contribution is 2.28. The Bertz CT molecular complexity index is 545. The van der Waals surface area contributed by atoms with Gasteiger partial charge < -0.3 is 5.32 Å². The average Bonchev–Trinajstić information content (AvgIpc) is 2.72. The van der Waals surface area contributed by atoms with Crippen molar-refractivity contribution in [2.75, 3.05) is 18.9 Å². The predicted octanol–water partition coefficient (Wildman–Crippen LogP) is 2.47. The molecule has 1 saturated heterocycles. The second-order valence-electron chi connectivity index (χ2n) is 5.13. The number of sulfonamides is 1. The van der Waals surface area contributed by atoms with Crippen LogP contribution in [0.3, 0.4) is 0 Å². The number of hydrogen-bond donors (Lipinski definition) is 1. The van der Waals surface area contributed by atoms with Crippen LogP contribution in [0.4, 0.5) is 5.82 Å². The first-order valence-electron chi connectivity index (χ1n) is 7.26. The number of pyridine rings is 1. The molecule has 1 aromatic rings. The van der Waals surface area contributed by atoms with Crippen molar-refractivity contribution < 1.29 is 8.42 Å². The monoisotopic (exact) mass is 297 g/mol. The van der Waals surface area contributed by atoms with Crippen LogP contribution in [0.15, 0.2) is 23.2 Å². The zero-order chi connectivity index (χ0) is 14.6. The number of nitrogens with one attached hydrogen (secondary N) is 1. The summed E-state index contributed by atoms with van der Waals surface area (Å²) in [6.07, 6.45) is 6.56. The molecule has 0 bridgehead atoms. The predicted molar refractivity (Wildman–Crippen MR) is 80.2 cm³/mol. The maximum Gasteiger partial charge on any atom is 0.246 e. The maximum atomic E-state index is 12.9. The van der Waals surface area contributed by atoms with Crippen LogP contribution in [0.25, 0.3) is 0 Å². The van der Waals surface area contributed by atoms with Gasteiger partial charge in [0.1, 0.15) is 10.7 Å². The lowest BCUT2D eigenvalue weighted by Gasteiger charge is -2.28. The minimum Gasteiger partial charge on any atom is -0.372 e. The molecular weight excluding hydrogens is 274 g/mol. The molecule has 6 heteroatoms. The van der Waals surface area contributed by atoms with Crippen LogP contribution < -0.4 is 5.32 Å². The van der Waals surface area contributed by atoms with E-state index in [4.69, 9.17) is 0 Å². The van der Waals surface area contributed by atoms with Crippen LogP contribution in [0, 0.1) is 0 Å². The van der Waals surface area contributed by atoms with Gasteiger partial charge in [-0.1, -0.05) is 19.8 Å². The van der Waals surface area contributed by atoms with Crippen LogP contribution in [-0.4, -0.2) is 37.3 Å². The summed E-state index contributed by atoms with van der Waals surface area (Å²) in [6, 6.07) is 3.41. The third-order valence-electron chi connectivity index (χ3n) is 3.89. The first kappa shape index (κ1) is 15.3. The zero-order valence-electron chi connectivity index (χ0n) is 12.2. The summed E-state index contributed by atoms with van der Waals surface area (Å²) in [6.45, 7) is 2.67. The van der Waals surface area contributed by atoms with E-state index in [1.807, 2.05) is 0 Å². The molecule has 0 amide bonds. The fourth-order valence-electron chi connectivity index (χ4n) is 2.79. The maximum absolute atomic E-state index is 12.9. The number of aromatic nitrogens is 1. The first-order chi connectivity index (χ1) is 9.61. The lowest BCUT2D eigenvalue weighted by Crippen LogP contribution is -2.39. The molecule has 0 saturated carbocycles. The smallest absolute Gasteiger partial charge is 0.246 e. The summed E-state index contributed by atoms with van der Waals surface area (Å²) in [5, 5.41) is 2.87. The third kappa shape index (κ3) is 2.96. The van der Waals surface area contributed by atoms with Crippen molar-refractivity contribution in [3.8, 4) is 0 Å². The van der Waals surface area contributed by atoms with E-state index in [1.54, 1.807) is 29.7 Å². The van der Waals surface area contributed by atoms with Crippen molar-refractivity contribution in [2.45, 2.75) is 50.0 Å². The SMILES string of the molecule is CCC1CCCCCN1S(=O)(=O)c1cccnc1NC. The van der Waals surface area contributed by atoms with Crippen LogP contribution in [-0.2, 0) is 10.0 Å². The molecule has 0 spiro atoms. The first-order valence-corrected chi connectivity index (χ1v) is 8.70. The van der Waals surface area contributed by atoms with Gasteiger partial charge in [0.2, 0.25) is 10.0 Å². The summed E-state index contributed by atoms with van der Waals surface area (Å²) in [5.74, 6) is 0.423. The summed E-state index contributed by atoms with van der Waals surface area (Å²) in [7, 11) is -1.79. The molecule has 1 N–H and O–H groups in total. The van der Waals surface area contributed by atoms with Gasteiger partial charge in [0.25, 0.3) is 0 Å². The van der Waals surface area contributed by atoms with E-state index in [1.165, 1.54) is 0 Å². The largest absolute Gasteiger partial charge is 0.372 e. The van der Waals surface area contributed by atoms with Gasteiger partial charge in [-0.2, -0.15) is 4.31 Å². The highest BCUT2D eigenvalue weighted by molar-refractivity contribution is 7.89. The molecular formula is C14H23N3O2S. The summed E-state index contributed by atoms with van der Waals surface area (Å²) in [5.41, 5.74) is 0. The van der Waals surface area contributed by atoms with Gasteiger partial charge >= 0.3 is 0 Å². The highest BCUT2D eigenvalue weighted by atomic mass is 32.2. The van der Waals surface area contributed by atoms with E-state index in [0.717, 1.165) is 32.1 Å². The molecule has 1 aliphatic rings. The summed E-state index contributed by atoms with van der Waals surface area (Å²) < 4.78 is 27.5. The van der Waals surface area contributed by atoms with Gasteiger partial charge in [-0.3, -0.25) is 0 Å². The van der Waals surface area contributed by atoms with Gasteiger partial charge in [0.05, 0.1) is 0 Å². The van der Waals surface area contributed by atoms with Crippen molar-refractivity contribution in [2.24, 2.45) is 0 Å². The highest BCUT2D eigenvalue weighted by Gasteiger charge is 2.33. The Morgan fingerprint density at radius 1 is 1.40 bits per heavy atom. The van der Waals surface area contributed by atoms with E-state index in [9.17, 15) is 8.42 Å². The van der Waals surface area contributed by atoms with E-state index in [0.29, 0.717) is 12.4 Å². The average molecular weight is 297 g/mol. The van der Waals surface area contributed by atoms with Crippen LogP contribution in [0.2, 0.25) is 0 Å². The van der Waals surface area contributed by atoms with Crippen molar-refractivity contribution in [1.29, 1.82) is 0 Å². The quantitative estimate of drug-likeness (QED) is 0.927. The molecule has 1 aromatic heterocycles. The van der Waals surface area contributed by atoms with E-state index >= 15 is 0 Å². The van der Waals surface area contributed by atoms with Crippen molar-refractivity contribution in [3.63, 3.8) is 0 Å². The molecule has 1 unspecified atom stereocenters. The topological polar surface area (TPSA) is 62.3 Å². The molecule has 112 valence electrons. The third-order valence-corrected chi connectivity index (χ3v) is 5.87. The van der Waals surface area contributed by atoms with Gasteiger partial charge in [0, 0.05) is 25.8 Å². The molecule has 1 fully saturated rings. The molecule has 1 aliphatic heterocycles. The second kappa shape index (κ2) is 6.54. The molecule has 0 radical (unpaired) electrons. The Morgan fingerprint density at radius 3 is 2.90 bits per heavy atom. The van der Waals surface area contributed by atoms with Crippen LogP contribution in [0.1, 0.15) is 39.0 Å². The molecule has 5 nitrogen and oxygen atoms in total. The molecule has 0 aliphatic carbocycles. The lowest BCUT2D eigenvalue weighted by atomic mass is 10.1. The van der Waals surface area contributed by atoms with Crippen LogP contribution in [0.5, 0.6) is 0 Å². The van der Waals surface area contributed by atoms with Gasteiger partial charge in [-0.25, -0.2) is 13.4 Å². The summed E-state index contributed by atoms with van der Waals surface area (Å²) >= 11 is 0. The van der Waals surface area contributed by atoms with Crippen molar-refractivity contribution in [3.05, 3.63) is 18.3 Å². The summed E-state index contributed by atoms with van der Waals surface area (Å²) in [4.78, 5) is 4.40. The Balaban J connectivity index is 2.41. The van der Waals surface area contributed by atoms with E-state index in [-0.39, 0.29) is 10.9 Å². The second-order valence-corrected chi connectivity index (χ2v) is 6.99. The van der Waals surface area contributed by atoms with E-state index in [2.05, 4.69) is 17.2 Å². The van der Waals surface area contributed by atoms with Gasteiger partial charge in [-0.15, -0.1) is 0 Å². The van der Waals surface area contributed by atoms with Gasteiger partial charge in [0.15, 0.2) is 0 Å². The normalized spacial score (nSPS) is 21.4.